The summed E-state index contributed by atoms with van der Waals surface area (Å²) in [5, 5.41) is 3.33. The molecule has 0 aliphatic carbocycles. The quantitative estimate of drug-likeness (QED) is 0.273. The number of hydrogen-bond donors (Lipinski definition) is 1. The molecule has 1 aliphatic rings. The number of carbonyl (C=O) groups is 1. The Morgan fingerprint density at radius 3 is 2.81 bits per heavy atom. The van der Waals surface area contributed by atoms with Crippen LogP contribution in [0.3, 0.4) is 0 Å². The van der Waals surface area contributed by atoms with Gasteiger partial charge in [0.15, 0.2) is 5.96 Å². The number of guanidine groups is 1. The van der Waals surface area contributed by atoms with Crippen molar-refractivity contribution < 1.29 is 9.53 Å². The lowest BCUT2D eigenvalue weighted by atomic mass is 10.2. The third kappa shape index (κ3) is 6.66. The second-order valence-corrected chi connectivity index (χ2v) is 6.24. The maximum atomic E-state index is 11.6. The van der Waals surface area contributed by atoms with E-state index in [1.807, 2.05) is 30.1 Å². The molecule has 0 saturated carbocycles. The van der Waals surface area contributed by atoms with E-state index in [1.165, 1.54) is 0 Å². The Bertz CT molecular complexity index is 595. The fourth-order valence-electron chi connectivity index (χ4n) is 3.02. The molecule has 0 aromatic heterocycles. The predicted molar refractivity (Wildman–Crippen MR) is 116 cm³/mol. The molecule has 1 aliphatic heterocycles. The van der Waals surface area contributed by atoms with E-state index in [9.17, 15) is 4.79 Å². The minimum absolute atomic E-state index is 0. The van der Waals surface area contributed by atoms with Gasteiger partial charge in [-0.25, -0.2) is 0 Å². The van der Waals surface area contributed by atoms with Crippen LogP contribution in [0.1, 0.15) is 31.7 Å². The molecule has 0 unspecified atom stereocenters. The van der Waals surface area contributed by atoms with Crippen molar-refractivity contribution in [1.82, 2.24) is 15.1 Å². The van der Waals surface area contributed by atoms with Gasteiger partial charge < -0.3 is 19.9 Å². The number of nitrogens with zero attached hydrogens (tertiary/aromatic N) is 3. The number of hydrogen-bond acceptors (Lipinski definition) is 3. The Morgan fingerprint density at radius 1 is 1.38 bits per heavy atom. The van der Waals surface area contributed by atoms with Gasteiger partial charge >= 0.3 is 0 Å². The number of likely N-dealkylation sites (tertiary alicyclic amines) is 1. The van der Waals surface area contributed by atoms with Crippen molar-refractivity contribution in [2.24, 2.45) is 4.99 Å². The van der Waals surface area contributed by atoms with Gasteiger partial charge in [-0.2, -0.15) is 0 Å². The van der Waals surface area contributed by atoms with E-state index in [0.717, 1.165) is 56.3 Å². The summed E-state index contributed by atoms with van der Waals surface area (Å²) in [6.45, 7) is 6.02. The Kier molecular flexibility index (Phi) is 10.4. The van der Waals surface area contributed by atoms with E-state index in [0.29, 0.717) is 13.0 Å². The standard InChI is InChI=1S/C19H30N4O2.HI/c1-4-20-19(21-12-8-14-23-13-7-11-18(23)24)22(2)15-16-9-5-6-10-17(16)25-3;/h5-6,9-10H,4,7-8,11-15H2,1-3H3,(H,20,21);1H. The average Bonchev–Trinajstić information content (AvgIpc) is 3.03. The van der Waals surface area contributed by atoms with E-state index in [1.54, 1.807) is 7.11 Å². The molecule has 0 atom stereocenters. The highest BCUT2D eigenvalue weighted by Gasteiger charge is 2.19. The Labute approximate surface area is 174 Å². The number of carbonyl (C=O) groups excluding carboxylic acids is 1. The lowest BCUT2D eigenvalue weighted by Gasteiger charge is -2.23. The molecule has 1 amide bonds. The molecule has 1 heterocycles. The molecule has 26 heavy (non-hydrogen) atoms. The Balaban J connectivity index is 0.00000338. The van der Waals surface area contributed by atoms with Crippen LogP contribution in [0.25, 0.3) is 0 Å². The highest BCUT2D eigenvalue weighted by Crippen LogP contribution is 2.18. The van der Waals surface area contributed by atoms with Crippen molar-refractivity contribution in [3.8, 4) is 5.75 Å². The molecule has 1 aromatic rings. The van der Waals surface area contributed by atoms with Gasteiger partial charge in [-0.15, -0.1) is 24.0 Å². The minimum atomic E-state index is 0. The number of methoxy groups -OCH3 is 1. The van der Waals surface area contributed by atoms with Gasteiger partial charge in [0.25, 0.3) is 0 Å². The molecule has 7 heteroatoms. The molecule has 1 fully saturated rings. The third-order valence-electron chi connectivity index (χ3n) is 4.32. The average molecular weight is 474 g/mol. The lowest BCUT2D eigenvalue weighted by Crippen LogP contribution is -2.38. The molecule has 0 bridgehead atoms. The summed E-state index contributed by atoms with van der Waals surface area (Å²) in [6, 6.07) is 8.03. The van der Waals surface area contributed by atoms with Crippen LogP contribution in [-0.4, -0.2) is 62.0 Å². The van der Waals surface area contributed by atoms with Crippen LogP contribution in [-0.2, 0) is 11.3 Å². The molecule has 2 rings (SSSR count). The lowest BCUT2D eigenvalue weighted by molar-refractivity contribution is -0.127. The van der Waals surface area contributed by atoms with Crippen LogP contribution in [0.4, 0.5) is 0 Å². The van der Waals surface area contributed by atoms with Gasteiger partial charge in [-0.3, -0.25) is 9.79 Å². The van der Waals surface area contributed by atoms with Crippen molar-refractivity contribution in [1.29, 1.82) is 0 Å². The Morgan fingerprint density at radius 2 is 2.15 bits per heavy atom. The minimum Gasteiger partial charge on any atom is -0.496 e. The predicted octanol–water partition coefficient (Wildman–Crippen LogP) is 2.72. The van der Waals surface area contributed by atoms with Crippen molar-refractivity contribution in [2.45, 2.75) is 32.7 Å². The number of para-hydroxylation sites is 1. The van der Waals surface area contributed by atoms with Crippen LogP contribution in [0.2, 0.25) is 0 Å². The Hall–Kier alpha value is -1.51. The molecule has 0 spiro atoms. The maximum absolute atomic E-state index is 11.6. The first-order valence-corrected chi connectivity index (χ1v) is 9.04. The number of amides is 1. The van der Waals surface area contributed by atoms with E-state index in [4.69, 9.17) is 9.73 Å². The number of nitrogens with one attached hydrogen (secondary N) is 1. The van der Waals surface area contributed by atoms with Crippen LogP contribution < -0.4 is 10.1 Å². The smallest absolute Gasteiger partial charge is 0.222 e. The van der Waals surface area contributed by atoms with Gasteiger partial charge in [-0.05, 0) is 25.8 Å². The van der Waals surface area contributed by atoms with E-state index >= 15 is 0 Å². The molecule has 6 nitrogen and oxygen atoms in total. The molecule has 1 aromatic carbocycles. The molecule has 146 valence electrons. The zero-order valence-corrected chi connectivity index (χ0v) is 18.4. The van der Waals surface area contributed by atoms with E-state index < -0.39 is 0 Å². The van der Waals surface area contributed by atoms with Crippen LogP contribution in [0, 0.1) is 0 Å². The maximum Gasteiger partial charge on any atom is 0.222 e. The SMILES string of the molecule is CCNC(=NCCCN1CCCC1=O)N(C)Cc1ccccc1OC.I. The molecule has 0 radical (unpaired) electrons. The van der Waals surface area contributed by atoms with Crippen LogP contribution in [0.15, 0.2) is 29.3 Å². The summed E-state index contributed by atoms with van der Waals surface area (Å²) in [5.41, 5.74) is 1.13. The number of ether oxygens (including phenoxy) is 1. The topological polar surface area (TPSA) is 57.2 Å². The van der Waals surface area contributed by atoms with Crippen LogP contribution in [0.5, 0.6) is 5.75 Å². The zero-order chi connectivity index (χ0) is 18.1. The normalized spacial score (nSPS) is 14.2. The first kappa shape index (κ1) is 22.5. The highest BCUT2D eigenvalue weighted by molar-refractivity contribution is 14.0. The molecular formula is C19H31IN4O2. The third-order valence-corrected chi connectivity index (χ3v) is 4.32. The van der Waals surface area contributed by atoms with Gasteiger partial charge in [-0.1, -0.05) is 18.2 Å². The summed E-state index contributed by atoms with van der Waals surface area (Å²) >= 11 is 0. The fraction of sp³-hybridized carbons (Fsp3) is 0.579. The van der Waals surface area contributed by atoms with Gasteiger partial charge in [0, 0.05) is 51.8 Å². The highest BCUT2D eigenvalue weighted by atomic mass is 127. The molecule has 1 N–H and O–H groups in total. The summed E-state index contributed by atoms with van der Waals surface area (Å²) in [7, 11) is 3.72. The van der Waals surface area contributed by atoms with Crippen LogP contribution >= 0.6 is 24.0 Å². The summed E-state index contributed by atoms with van der Waals surface area (Å²) in [5.74, 6) is 2.04. The fourth-order valence-corrected chi connectivity index (χ4v) is 3.02. The van der Waals surface area contributed by atoms with Gasteiger partial charge in [0.1, 0.15) is 5.75 Å². The van der Waals surface area contributed by atoms with Crippen molar-refractivity contribution in [2.75, 3.05) is 40.3 Å². The largest absolute Gasteiger partial charge is 0.496 e. The van der Waals surface area contributed by atoms with E-state index in [2.05, 4.69) is 23.2 Å². The number of halogens is 1. The van der Waals surface area contributed by atoms with Crippen molar-refractivity contribution >= 4 is 35.8 Å². The monoisotopic (exact) mass is 474 g/mol. The number of benzene rings is 1. The van der Waals surface area contributed by atoms with Gasteiger partial charge in [0.2, 0.25) is 5.91 Å². The van der Waals surface area contributed by atoms with Crippen molar-refractivity contribution in [3.63, 3.8) is 0 Å². The van der Waals surface area contributed by atoms with Gasteiger partial charge in [0.05, 0.1) is 7.11 Å². The number of aliphatic imine (C=N–C) groups is 1. The summed E-state index contributed by atoms with van der Waals surface area (Å²) in [6.07, 6.45) is 2.59. The second-order valence-electron chi connectivity index (χ2n) is 6.24. The van der Waals surface area contributed by atoms with Crippen molar-refractivity contribution in [3.05, 3.63) is 29.8 Å². The summed E-state index contributed by atoms with van der Waals surface area (Å²) in [4.78, 5) is 20.4. The first-order chi connectivity index (χ1) is 12.2. The molecule has 1 saturated heterocycles. The molecular weight excluding hydrogens is 443 g/mol. The summed E-state index contributed by atoms with van der Waals surface area (Å²) < 4.78 is 5.43. The first-order valence-electron chi connectivity index (χ1n) is 9.04. The zero-order valence-electron chi connectivity index (χ0n) is 16.0. The number of rotatable bonds is 8. The second kappa shape index (κ2) is 12.0. The van der Waals surface area contributed by atoms with E-state index in [-0.39, 0.29) is 29.9 Å².